The van der Waals surface area contributed by atoms with Gasteiger partial charge in [0, 0.05) is 24.1 Å². The van der Waals surface area contributed by atoms with E-state index in [4.69, 9.17) is 5.73 Å². The molecule has 2 rings (SSSR count). The van der Waals surface area contributed by atoms with Crippen LogP contribution < -0.4 is 11.1 Å². The quantitative estimate of drug-likeness (QED) is 0.835. The van der Waals surface area contributed by atoms with Gasteiger partial charge in [0.15, 0.2) is 5.82 Å². The van der Waals surface area contributed by atoms with Crippen LogP contribution in [0.1, 0.15) is 34.9 Å². The maximum absolute atomic E-state index is 12.3. The van der Waals surface area contributed by atoms with E-state index in [-0.39, 0.29) is 31.0 Å². The predicted molar refractivity (Wildman–Crippen MR) is 75.8 cm³/mol. The summed E-state index contributed by atoms with van der Waals surface area (Å²) in [5.41, 5.74) is 5.89. The molecule has 10 heteroatoms. The number of hydrogen-bond acceptors (Lipinski definition) is 5. The highest BCUT2D eigenvalue weighted by Crippen LogP contribution is 2.27. The third-order valence-electron chi connectivity index (χ3n) is 2.97. The highest BCUT2D eigenvalue weighted by molar-refractivity contribution is 5.94. The van der Waals surface area contributed by atoms with Crippen molar-refractivity contribution in [3.05, 3.63) is 41.5 Å². The number of carbonyl (C=O) groups is 2. The fourth-order valence-corrected chi connectivity index (χ4v) is 1.82. The Morgan fingerprint density at radius 3 is 2.42 bits per heavy atom. The summed E-state index contributed by atoms with van der Waals surface area (Å²) >= 11 is 0. The molecular formula is C14H13F3N4O3. The van der Waals surface area contributed by atoms with Crippen molar-refractivity contribution >= 4 is 17.5 Å². The molecule has 0 aliphatic rings. The molecule has 0 fully saturated rings. The van der Waals surface area contributed by atoms with E-state index >= 15 is 0 Å². The number of nitrogens with two attached hydrogens (primary N) is 1. The molecule has 0 aliphatic heterocycles. The third kappa shape index (κ3) is 4.80. The Hall–Kier alpha value is -2.91. The van der Waals surface area contributed by atoms with Crippen molar-refractivity contribution in [2.75, 3.05) is 5.32 Å². The fraction of sp³-hybridized carbons (Fsp3) is 0.286. The molecule has 0 saturated heterocycles. The van der Waals surface area contributed by atoms with Crippen LogP contribution in [0.2, 0.25) is 0 Å². The smallest absolute Gasteiger partial charge is 0.366 e. The van der Waals surface area contributed by atoms with Crippen LogP contribution in [0.5, 0.6) is 0 Å². The van der Waals surface area contributed by atoms with Crippen LogP contribution in [0.3, 0.4) is 0 Å². The third-order valence-corrected chi connectivity index (χ3v) is 2.97. The van der Waals surface area contributed by atoms with Crippen LogP contribution in [0.15, 0.2) is 28.8 Å². The van der Waals surface area contributed by atoms with Gasteiger partial charge in [0.05, 0.1) is 0 Å². The second-order valence-electron chi connectivity index (χ2n) is 4.86. The minimum atomic E-state index is -4.68. The van der Waals surface area contributed by atoms with Gasteiger partial charge in [-0.15, -0.1) is 0 Å². The number of nitrogens with one attached hydrogen (secondary N) is 1. The summed E-state index contributed by atoms with van der Waals surface area (Å²) in [6.45, 7) is 0. The van der Waals surface area contributed by atoms with Gasteiger partial charge in [0.2, 0.25) is 11.8 Å². The van der Waals surface area contributed by atoms with Gasteiger partial charge in [-0.1, -0.05) is 5.16 Å². The lowest BCUT2D eigenvalue weighted by Crippen LogP contribution is -2.13. The monoisotopic (exact) mass is 342 g/mol. The molecule has 2 amide bonds. The first-order valence-corrected chi connectivity index (χ1v) is 6.85. The molecule has 0 radical (unpaired) electrons. The van der Waals surface area contributed by atoms with Crippen LogP contribution in [0.4, 0.5) is 18.9 Å². The van der Waals surface area contributed by atoms with Gasteiger partial charge < -0.3 is 15.6 Å². The van der Waals surface area contributed by atoms with Gasteiger partial charge in [-0.3, -0.25) is 9.59 Å². The Labute approximate surface area is 134 Å². The number of amides is 2. The van der Waals surface area contributed by atoms with Gasteiger partial charge in [-0.05, 0) is 30.7 Å². The maximum Gasteiger partial charge on any atom is 0.471 e. The lowest BCUT2D eigenvalue weighted by Gasteiger charge is -2.05. The standard InChI is InChI=1S/C14H13F3N4O3/c15-14(16,17)13-20-10(21-24-13)2-1-3-11(22)19-9-6-4-8(5-7-9)12(18)23/h4-7H,1-3H2,(H2,18,23)(H,19,22). The molecule has 0 saturated carbocycles. The van der Waals surface area contributed by atoms with Gasteiger partial charge in [-0.25, -0.2) is 0 Å². The molecule has 1 heterocycles. The van der Waals surface area contributed by atoms with Gasteiger partial charge >= 0.3 is 12.1 Å². The molecule has 128 valence electrons. The van der Waals surface area contributed by atoms with Crippen molar-refractivity contribution in [2.45, 2.75) is 25.4 Å². The molecule has 0 spiro atoms. The van der Waals surface area contributed by atoms with Crippen molar-refractivity contribution in [1.82, 2.24) is 10.1 Å². The Morgan fingerprint density at radius 2 is 1.88 bits per heavy atom. The second-order valence-corrected chi connectivity index (χ2v) is 4.86. The fourth-order valence-electron chi connectivity index (χ4n) is 1.82. The van der Waals surface area contributed by atoms with Crippen molar-refractivity contribution in [1.29, 1.82) is 0 Å². The molecule has 1 aromatic carbocycles. The van der Waals surface area contributed by atoms with Crippen molar-refractivity contribution in [3.63, 3.8) is 0 Å². The summed E-state index contributed by atoms with van der Waals surface area (Å²) in [5.74, 6) is -2.43. The summed E-state index contributed by atoms with van der Waals surface area (Å²) in [6.07, 6.45) is -4.29. The van der Waals surface area contributed by atoms with E-state index < -0.39 is 18.0 Å². The highest BCUT2D eigenvalue weighted by atomic mass is 19.4. The average molecular weight is 342 g/mol. The zero-order chi connectivity index (χ0) is 17.7. The highest BCUT2D eigenvalue weighted by Gasteiger charge is 2.38. The van der Waals surface area contributed by atoms with Gasteiger partial charge in [0.25, 0.3) is 0 Å². The number of nitrogens with zero attached hydrogens (tertiary/aromatic N) is 2. The molecule has 0 aliphatic carbocycles. The van der Waals surface area contributed by atoms with E-state index in [0.29, 0.717) is 11.3 Å². The Bertz CT molecular complexity index is 726. The summed E-state index contributed by atoms with van der Waals surface area (Å²) < 4.78 is 40.9. The topological polar surface area (TPSA) is 111 Å². The SMILES string of the molecule is NC(=O)c1ccc(NC(=O)CCCc2noc(C(F)(F)F)n2)cc1. The molecule has 3 N–H and O–H groups in total. The van der Waals surface area contributed by atoms with E-state index in [2.05, 4.69) is 20.0 Å². The first-order valence-electron chi connectivity index (χ1n) is 6.85. The van der Waals surface area contributed by atoms with Crippen LogP contribution in [-0.2, 0) is 17.4 Å². The first kappa shape index (κ1) is 17.4. The minimum Gasteiger partial charge on any atom is -0.366 e. The van der Waals surface area contributed by atoms with E-state index in [1.165, 1.54) is 24.3 Å². The number of primary amides is 1. The maximum atomic E-state index is 12.3. The molecular weight excluding hydrogens is 329 g/mol. The zero-order valence-corrected chi connectivity index (χ0v) is 12.3. The summed E-state index contributed by atoms with van der Waals surface area (Å²) in [6, 6.07) is 5.98. The summed E-state index contributed by atoms with van der Waals surface area (Å²) in [4.78, 5) is 25.9. The van der Waals surface area contributed by atoms with E-state index in [9.17, 15) is 22.8 Å². The Balaban J connectivity index is 1.79. The number of hydrogen-bond donors (Lipinski definition) is 2. The number of halogens is 3. The summed E-state index contributed by atoms with van der Waals surface area (Å²) in [5, 5.41) is 5.80. The average Bonchev–Trinajstić information content (AvgIpc) is 2.97. The van der Waals surface area contributed by atoms with Crippen LogP contribution in [0, 0.1) is 0 Å². The van der Waals surface area contributed by atoms with Crippen LogP contribution in [0.25, 0.3) is 0 Å². The molecule has 2 aromatic rings. The number of anilines is 1. The number of rotatable bonds is 6. The molecule has 7 nitrogen and oxygen atoms in total. The zero-order valence-electron chi connectivity index (χ0n) is 12.3. The molecule has 0 atom stereocenters. The van der Waals surface area contributed by atoms with Crippen LogP contribution in [-0.4, -0.2) is 22.0 Å². The van der Waals surface area contributed by atoms with E-state index in [1.54, 1.807) is 0 Å². The largest absolute Gasteiger partial charge is 0.471 e. The van der Waals surface area contributed by atoms with Gasteiger partial charge in [0.1, 0.15) is 0 Å². The number of aryl methyl sites for hydroxylation is 1. The Kier molecular flexibility index (Phi) is 5.17. The Morgan fingerprint density at radius 1 is 1.21 bits per heavy atom. The van der Waals surface area contributed by atoms with Gasteiger partial charge in [-0.2, -0.15) is 18.2 Å². The predicted octanol–water partition coefficient (Wildman–Crippen LogP) is 2.15. The van der Waals surface area contributed by atoms with Crippen molar-refractivity contribution in [3.8, 4) is 0 Å². The molecule has 0 unspecified atom stereocenters. The molecule has 0 bridgehead atoms. The minimum absolute atomic E-state index is 0.0630. The number of benzene rings is 1. The first-order chi connectivity index (χ1) is 11.3. The van der Waals surface area contributed by atoms with E-state index in [0.717, 1.165) is 0 Å². The lowest BCUT2D eigenvalue weighted by atomic mass is 10.2. The van der Waals surface area contributed by atoms with E-state index in [1.807, 2.05) is 0 Å². The molecule has 24 heavy (non-hydrogen) atoms. The number of aromatic nitrogens is 2. The van der Waals surface area contributed by atoms with Crippen molar-refractivity contribution in [2.24, 2.45) is 5.73 Å². The second kappa shape index (κ2) is 7.11. The lowest BCUT2D eigenvalue weighted by molar-refractivity contribution is -0.159. The van der Waals surface area contributed by atoms with Crippen molar-refractivity contribution < 1.29 is 27.3 Å². The molecule has 1 aromatic heterocycles. The van der Waals surface area contributed by atoms with Crippen LogP contribution >= 0.6 is 0 Å². The normalized spacial score (nSPS) is 11.3. The number of alkyl halides is 3. The number of carbonyl (C=O) groups excluding carboxylic acids is 2. The summed E-state index contributed by atoms with van der Waals surface area (Å²) in [7, 11) is 0.